The predicted molar refractivity (Wildman–Crippen MR) is 72.1 cm³/mol. The van der Waals surface area contributed by atoms with Crippen LogP contribution in [0.2, 0.25) is 0 Å². The van der Waals surface area contributed by atoms with E-state index < -0.39 is 48.5 Å². The van der Waals surface area contributed by atoms with Crippen molar-refractivity contribution in [3.8, 4) is 0 Å². The lowest BCUT2D eigenvalue weighted by molar-refractivity contribution is -0.138. The fourth-order valence-electron chi connectivity index (χ4n) is 2.56. The van der Waals surface area contributed by atoms with E-state index in [1.54, 1.807) is 0 Å². The third-order valence-corrected chi connectivity index (χ3v) is 3.75. The first-order chi connectivity index (χ1) is 10.4. The van der Waals surface area contributed by atoms with Gasteiger partial charge in [-0.05, 0) is 0 Å². The van der Waals surface area contributed by atoms with E-state index in [1.165, 1.54) is 0 Å². The van der Waals surface area contributed by atoms with Gasteiger partial charge >= 0.3 is 5.97 Å². The molecule has 0 amide bonds. The maximum atomic E-state index is 11.6. The number of hydrogen-bond donors (Lipinski definition) is 5. The quantitative estimate of drug-likeness (QED) is 0.369. The Morgan fingerprint density at radius 3 is 2.77 bits per heavy atom. The summed E-state index contributed by atoms with van der Waals surface area (Å²) in [7, 11) is 0. The molecule has 11 nitrogen and oxygen atoms in total. The fraction of sp³-hybridized carbons (Fsp3) is 0.545. The van der Waals surface area contributed by atoms with Crippen LogP contribution in [0, 0.1) is 5.41 Å². The lowest BCUT2D eigenvalue weighted by Crippen LogP contribution is -2.57. The Hall–Kier alpha value is -2.21. The second-order valence-electron chi connectivity index (χ2n) is 4.94. The van der Waals surface area contributed by atoms with Crippen LogP contribution >= 0.6 is 0 Å². The van der Waals surface area contributed by atoms with Gasteiger partial charge in [0.25, 0.3) is 5.54 Å². The molecule has 1 unspecified atom stereocenters. The molecule has 0 aromatic carbocycles. The molecule has 0 spiro atoms. The van der Waals surface area contributed by atoms with Crippen molar-refractivity contribution in [2.75, 3.05) is 6.61 Å². The van der Waals surface area contributed by atoms with Crippen LogP contribution < -0.4 is 0 Å². The number of aliphatic imine (C=N–C) groups is 3. The molecule has 11 heteroatoms. The van der Waals surface area contributed by atoms with Gasteiger partial charge in [0.1, 0.15) is 24.7 Å². The van der Waals surface area contributed by atoms with E-state index in [4.69, 9.17) is 15.3 Å². The van der Waals surface area contributed by atoms with Crippen LogP contribution in [-0.4, -0.2) is 92.3 Å². The Balaban J connectivity index is 1.97. The number of ether oxygens (including phenoxy) is 1. The number of fused-ring (bicyclic) bond motifs is 1. The molecule has 22 heavy (non-hydrogen) atoms. The maximum absolute atomic E-state index is 11.6. The van der Waals surface area contributed by atoms with E-state index in [2.05, 4.69) is 15.0 Å². The molecule has 5 atom stereocenters. The molecule has 0 saturated carbocycles. The normalized spacial score (nSPS) is 40.0. The maximum Gasteiger partial charge on any atom is 0.347 e. The van der Waals surface area contributed by atoms with Crippen molar-refractivity contribution < 1.29 is 30.0 Å². The highest BCUT2D eigenvalue weighted by Gasteiger charge is 2.58. The zero-order chi connectivity index (χ0) is 16.1. The van der Waals surface area contributed by atoms with Gasteiger partial charge in [0.15, 0.2) is 17.9 Å². The van der Waals surface area contributed by atoms with Gasteiger partial charge in [0.2, 0.25) is 0 Å². The summed E-state index contributed by atoms with van der Waals surface area (Å²) in [6, 6.07) is 0. The van der Waals surface area contributed by atoms with E-state index in [0.29, 0.717) is 0 Å². The van der Waals surface area contributed by atoms with Crippen LogP contribution in [-0.2, 0) is 9.53 Å². The number of carbonyl (C=O) groups is 1. The molecule has 0 aromatic heterocycles. The molecule has 1 saturated heterocycles. The largest absolute Gasteiger partial charge is 0.479 e. The number of carboxylic acid groups (broad SMARTS) is 1. The van der Waals surface area contributed by atoms with Crippen molar-refractivity contribution in [3.63, 3.8) is 0 Å². The average molecular weight is 311 g/mol. The molecular formula is C11H13N5O6. The Morgan fingerprint density at radius 1 is 1.45 bits per heavy atom. The zero-order valence-electron chi connectivity index (χ0n) is 11.1. The Kier molecular flexibility index (Phi) is 3.29. The van der Waals surface area contributed by atoms with Gasteiger partial charge in [-0.25, -0.2) is 19.8 Å². The minimum absolute atomic E-state index is 0.171. The van der Waals surface area contributed by atoms with Crippen molar-refractivity contribution in [1.82, 2.24) is 4.90 Å². The fourth-order valence-corrected chi connectivity index (χ4v) is 2.56. The summed E-state index contributed by atoms with van der Waals surface area (Å²) in [5.41, 5.74) is -2.10. The molecule has 5 N–H and O–H groups in total. The van der Waals surface area contributed by atoms with Crippen LogP contribution in [0.1, 0.15) is 0 Å². The smallest absolute Gasteiger partial charge is 0.347 e. The Labute approximate surface area is 123 Å². The number of aliphatic hydroxyl groups is 3. The molecule has 118 valence electrons. The second kappa shape index (κ2) is 4.91. The van der Waals surface area contributed by atoms with E-state index in [1.807, 2.05) is 0 Å². The lowest BCUT2D eigenvalue weighted by atomic mass is 9.96. The number of rotatable bonds is 3. The Bertz CT molecular complexity index is 618. The van der Waals surface area contributed by atoms with E-state index in [9.17, 15) is 20.1 Å². The molecule has 3 heterocycles. The lowest BCUT2D eigenvalue weighted by Gasteiger charge is -2.30. The molecule has 0 aliphatic carbocycles. The first-order valence-electron chi connectivity index (χ1n) is 6.33. The van der Waals surface area contributed by atoms with Gasteiger partial charge in [-0.2, -0.15) is 0 Å². The highest BCUT2D eigenvalue weighted by Crippen LogP contribution is 2.32. The summed E-state index contributed by atoms with van der Waals surface area (Å²) in [4.78, 5) is 23.9. The third kappa shape index (κ3) is 1.73. The highest BCUT2D eigenvalue weighted by molar-refractivity contribution is 6.35. The van der Waals surface area contributed by atoms with E-state index >= 15 is 0 Å². The highest BCUT2D eigenvalue weighted by atomic mass is 16.6. The van der Waals surface area contributed by atoms with Gasteiger partial charge in [0, 0.05) is 0 Å². The first kappa shape index (κ1) is 14.7. The molecule has 0 aromatic rings. The van der Waals surface area contributed by atoms with E-state index in [-0.39, 0.29) is 5.84 Å². The summed E-state index contributed by atoms with van der Waals surface area (Å²) in [5, 5.41) is 46.0. The number of aliphatic hydroxyl groups excluding tert-OH is 3. The predicted octanol–water partition coefficient (Wildman–Crippen LogP) is -2.99. The molecule has 0 radical (unpaired) electrons. The standard InChI is InChI=1S/C11H13N5O6/c12-8-11(10(20)21)9(14-2-13-8)16(3-15-11)7-6(19)5(18)4(1-17)22-7/h2-7,12,17-19H,1H2,(H,20,21)/t4-,5-,6-,7-,11?/m1/s1. The minimum atomic E-state index is -2.10. The average Bonchev–Trinajstić information content (AvgIpc) is 3.01. The topological polar surface area (TPSA) is 171 Å². The number of nitrogens with one attached hydrogen (secondary N) is 1. The molecule has 1 fully saturated rings. The van der Waals surface area contributed by atoms with E-state index in [0.717, 1.165) is 17.6 Å². The van der Waals surface area contributed by atoms with Gasteiger partial charge in [-0.1, -0.05) is 0 Å². The van der Waals surface area contributed by atoms with Crippen molar-refractivity contribution in [2.24, 2.45) is 15.0 Å². The van der Waals surface area contributed by atoms with Crippen molar-refractivity contribution in [1.29, 1.82) is 5.41 Å². The van der Waals surface area contributed by atoms with Crippen LogP contribution in [0.3, 0.4) is 0 Å². The van der Waals surface area contributed by atoms with Crippen molar-refractivity contribution in [3.05, 3.63) is 0 Å². The van der Waals surface area contributed by atoms with Crippen molar-refractivity contribution in [2.45, 2.75) is 30.1 Å². The molecular weight excluding hydrogens is 298 g/mol. The second-order valence-corrected chi connectivity index (χ2v) is 4.94. The number of amidine groups is 2. The summed E-state index contributed by atoms with van der Waals surface area (Å²) >= 11 is 0. The number of hydrogen-bond acceptors (Lipinski definition) is 9. The molecule has 3 rings (SSSR count). The summed E-state index contributed by atoms with van der Waals surface area (Å²) in [6.07, 6.45) is -2.90. The van der Waals surface area contributed by atoms with Crippen molar-refractivity contribution >= 4 is 30.3 Å². The van der Waals surface area contributed by atoms with Crippen LogP contribution in [0.25, 0.3) is 0 Å². The monoisotopic (exact) mass is 311 g/mol. The van der Waals surface area contributed by atoms with Crippen LogP contribution in [0.5, 0.6) is 0 Å². The van der Waals surface area contributed by atoms with Gasteiger partial charge in [-0.3, -0.25) is 10.3 Å². The van der Waals surface area contributed by atoms with Crippen LogP contribution in [0.15, 0.2) is 15.0 Å². The molecule has 0 bridgehead atoms. The summed E-state index contributed by atoms with van der Waals surface area (Å²) in [6.45, 7) is -0.520. The molecule has 3 aliphatic rings. The van der Waals surface area contributed by atoms with Gasteiger partial charge in [-0.15, -0.1) is 0 Å². The van der Waals surface area contributed by atoms with Gasteiger partial charge in [0.05, 0.1) is 12.9 Å². The molecule has 3 aliphatic heterocycles. The van der Waals surface area contributed by atoms with Crippen LogP contribution in [0.4, 0.5) is 0 Å². The number of nitrogens with zero attached hydrogens (tertiary/aromatic N) is 4. The summed E-state index contributed by atoms with van der Waals surface area (Å²) < 4.78 is 5.32. The number of aliphatic carboxylic acids is 1. The minimum Gasteiger partial charge on any atom is -0.479 e. The number of carboxylic acids is 1. The SMILES string of the molecule is N=C1N=CN=C2N([C@@H]3O[C@H](CO)[C@@H](O)[C@H]3O)C=NC12C(=O)O. The summed E-state index contributed by atoms with van der Waals surface area (Å²) in [5.74, 6) is -2.15. The first-order valence-corrected chi connectivity index (χ1v) is 6.33. The van der Waals surface area contributed by atoms with Gasteiger partial charge < -0.3 is 25.2 Å². The Morgan fingerprint density at radius 2 is 2.18 bits per heavy atom. The third-order valence-electron chi connectivity index (χ3n) is 3.75. The zero-order valence-corrected chi connectivity index (χ0v) is 11.1.